The molecule has 0 amide bonds. The molecule has 9 heteroatoms. The van der Waals surface area contributed by atoms with E-state index in [1.54, 1.807) is 0 Å². The van der Waals surface area contributed by atoms with Gasteiger partial charge in [-0.3, -0.25) is 13.8 Å². The van der Waals surface area contributed by atoms with Crippen LogP contribution in [0.1, 0.15) is 104 Å². The van der Waals surface area contributed by atoms with E-state index in [0.717, 1.165) is 19.3 Å². The number of hydrogen-bond donors (Lipinski definition) is 2. The lowest BCUT2D eigenvalue weighted by atomic mass is 10.0. The molecule has 8 nitrogen and oxygen atoms in total. The van der Waals surface area contributed by atoms with Gasteiger partial charge in [-0.1, -0.05) is 84.0 Å². The Hall–Kier alpha value is -0.500. The maximum Gasteiger partial charge on any atom is 0.472 e. The predicted molar refractivity (Wildman–Crippen MR) is 137 cm³/mol. The number of rotatable bonds is 23. The maximum atomic E-state index is 11.9. The van der Waals surface area contributed by atoms with Crippen LogP contribution < -0.4 is 0 Å². The summed E-state index contributed by atoms with van der Waals surface area (Å²) in [6, 6.07) is 0. The number of phosphoric ester groups is 1. The lowest BCUT2D eigenvalue weighted by Crippen LogP contribution is -2.38. The van der Waals surface area contributed by atoms with Gasteiger partial charge < -0.3 is 19.2 Å². The normalized spacial score (nSPS) is 15.6. The molecule has 0 fully saturated rings. The predicted octanol–water partition coefficient (Wildman–Crippen LogP) is 5.60. The smallest absolute Gasteiger partial charge is 0.463 e. The summed E-state index contributed by atoms with van der Waals surface area (Å²) in [5, 5.41) is 10.3. The molecule has 2 N–H and O–H groups in total. The van der Waals surface area contributed by atoms with E-state index < -0.39 is 20.0 Å². The van der Waals surface area contributed by atoms with Crippen LogP contribution in [0.25, 0.3) is 0 Å². The van der Waals surface area contributed by atoms with Gasteiger partial charge in [0.1, 0.15) is 25.4 Å². The minimum atomic E-state index is -4.28. The monoisotopic (exact) mass is 510 g/mol. The number of carbonyl (C=O) groups is 1. The Balaban J connectivity index is 3.73. The summed E-state index contributed by atoms with van der Waals surface area (Å²) in [6.45, 7) is 3.43. The van der Waals surface area contributed by atoms with Gasteiger partial charge in [-0.15, -0.1) is 0 Å². The van der Waals surface area contributed by atoms with Crippen LogP contribution in [0.4, 0.5) is 0 Å². The number of quaternary nitrogens is 1. The molecule has 0 spiro atoms. The average Bonchev–Trinajstić information content (AvgIpc) is 2.73. The number of hydrogen-bond acceptors (Lipinski definition) is 6. The number of phosphoric acid groups is 1. The van der Waals surface area contributed by atoms with Gasteiger partial charge >= 0.3 is 13.8 Å². The van der Waals surface area contributed by atoms with Gasteiger partial charge in [-0.25, -0.2) is 4.57 Å². The van der Waals surface area contributed by atoms with Crippen molar-refractivity contribution in [3.63, 3.8) is 0 Å². The van der Waals surface area contributed by atoms with Crippen LogP contribution in [-0.4, -0.2) is 73.6 Å². The fourth-order valence-electron chi connectivity index (χ4n) is 3.32. The molecular formula is C25H53NO7P+. The number of likely N-dealkylation sites (N-methyl/N-ethyl adjacent to an activating group) is 1. The van der Waals surface area contributed by atoms with Gasteiger partial charge in [0.05, 0.1) is 27.7 Å². The van der Waals surface area contributed by atoms with Crippen molar-refractivity contribution < 1.29 is 37.6 Å². The maximum absolute atomic E-state index is 11.9. The molecule has 0 saturated heterocycles. The van der Waals surface area contributed by atoms with Gasteiger partial charge in [0.15, 0.2) is 0 Å². The summed E-state index contributed by atoms with van der Waals surface area (Å²) in [6.07, 6.45) is 16.4. The summed E-state index contributed by atoms with van der Waals surface area (Å²) in [4.78, 5) is 21.6. The lowest BCUT2D eigenvalue weighted by molar-refractivity contribution is -0.870. The van der Waals surface area contributed by atoms with Crippen molar-refractivity contribution in [3.05, 3.63) is 0 Å². The van der Waals surface area contributed by atoms with Crippen molar-refractivity contribution in [1.82, 2.24) is 0 Å². The molecule has 0 rings (SSSR count). The molecule has 1 unspecified atom stereocenters. The van der Waals surface area contributed by atoms with Crippen molar-refractivity contribution in [2.75, 3.05) is 47.5 Å². The second-order valence-electron chi connectivity index (χ2n) is 10.7. The summed E-state index contributed by atoms with van der Waals surface area (Å²) < 4.78 is 27.4. The Bertz CT molecular complexity index is 564. The van der Waals surface area contributed by atoms with Crippen molar-refractivity contribution in [1.29, 1.82) is 0 Å². The first-order valence-corrected chi connectivity index (χ1v) is 14.7. The molecule has 2 atom stereocenters. The van der Waals surface area contributed by atoms with Crippen molar-refractivity contribution in [2.45, 2.75) is 109 Å². The molecule has 0 heterocycles. The standard InChI is InChI=1S/C25H52NO7P/c1-6-7-8-9-10-11-12-13-14-15-16-17-18-19-24(27)31-22-25(2,28)23-33-34(29,30)32-21-20-26(3,4)5/h28H,6-23H2,1-5H3/p+1/t25-/m1/s1. The number of carbonyl (C=O) groups excluding carboxylic acids is 1. The molecule has 0 aromatic heterocycles. The largest absolute Gasteiger partial charge is 0.472 e. The molecule has 0 aromatic rings. The fourth-order valence-corrected chi connectivity index (χ4v) is 4.15. The second kappa shape index (κ2) is 18.7. The highest BCUT2D eigenvalue weighted by molar-refractivity contribution is 7.47. The summed E-state index contributed by atoms with van der Waals surface area (Å²) >= 11 is 0. The zero-order valence-electron chi connectivity index (χ0n) is 22.6. The van der Waals surface area contributed by atoms with Crippen molar-refractivity contribution in [2.24, 2.45) is 0 Å². The van der Waals surface area contributed by atoms with E-state index in [-0.39, 0.29) is 19.2 Å². The molecule has 0 aromatic carbocycles. The van der Waals surface area contributed by atoms with Crippen LogP contribution >= 0.6 is 7.82 Å². The van der Waals surface area contributed by atoms with E-state index in [0.29, 0.717) is 17.4 Å². The number of unbranched alkanes of at least 4 members (excludes halogenated alkanes) is 12. The van der Waals surface area contributed by atoms with Gasteiger partial charge in [0, 0.05) is 6.42 Å². The number of aliphatic hydroxyl groups is 1. The van der Waals surface area contributed by atoms with E-state index in [4.69, 9.17) is 13.8 Å². The second-order valence-corrected chi connectivity index (χ2v) is 12.2. The van der Waals surface area contributed by atoms with Gasteiger partial charge in [-0.05, 0) is 13.3 Å². The molecular weight excluding hydrogens is 457 g/mol. The van der Waals surface area contributed by atoms with E-state index in [9.17, 15) is 19.4 Å². The third-order valence-electron chi connectivity index (χ3n) is 5.58. The minimum Gasteiger partial charge on any atom is -0.463 e. The van der Waals surface area contributed by atoms with E-state index in [1.807, 2.05) is 21.1 Å². The van der Waals surface area contributed by atoms with Gasteiger partial charge in [-0.2, -0.15) is 0 Å². The van der Waals surface area contributed by atoms with Crippen LogP contribution in [0, 0.1) is 0 Å². The molecule has 0 bridgehead atoms. The Kier molecular flexibility index (Phi) is 18.4. The number of nitrogens with zero attached hydrogens (tertiary/aromatic N) is 1. The van der Waals surface area contributed by atoms with Crippen molar-refractivity contribution in [3.8, 4) is 0 Å². The number of ether oxygens (including phenoxy) is 1. The van der Waals surface area contributed by atoms with Crippen LogP contribution in [-0.2, 0) is 23.1 Å². The van der Waals surface area contributed by atoms with E-state index >= 15 is 0 Å². The quantitative estimate of drug-likeness (QED) is 0.0798. The van der Waals surface area contributed by atoms with Gasteiger partial charge in [0.25, 0.3) is 0 Å². The number of esters is 1. The first kappa shape index (κ1) is 33.5. The van der Waals surface area contributed by atoms with Crippen molar-refractivity contribution >= 4 is 13.8 Å². The SMILES string of the molecule is CCCCCCCCCCCCCCCC(=O)OC[C@@](C)(O)COP(=O)(O)OCC[N+](C)(C)C. The zero-order valence-corrected chi connectivity index (χ0v) is 23.5. The summed E-state index contributed by atoms with van der Waals surface area (Å²) in [5.74, 6) is -0.380. The third-order valence-corrected chi connectivity index (χ3v) is 6.55. The topological polar surface area (TPSA) is 102 Å². The highest BCUT2D eigenvalue weighted by Crippen LogP contribution is 2.43. The zero-order chi connectivity index (χ0) is 25.9. The molecule has 204 valence electrons. The van der Waals surface area contributed by atoms with Crippen LogP contribution in [0.2, 0.25) is 0 Å². The minimum absolute atomic E-state index is 0.0491. The molecule has 0 saturated carbocycles. The first-order chi connectivity index (χ1) is 15.9. The average molecular weight is 511 g/mol. The van der Waals surface area contributed by atoms with E-state index in [1.165, 1.54) is 71.1 Å². The van der Waals surface area contributed by atoms with Crippen LogP contribution in [0.15, 0.2) is 0 Å². The highest BCUT2D eigenvalue weighted by Gasteiger charge is 2.30. The molecule has 0 aliphatic heterocycles. The molecule has 0 radical (unpaired) electrons. The molecule has 34 heavy (non-hydrogen) atoms. The van der Waals surface area contributed by atoms with E-state index in [2.05, 4.69) is 6.92 Å². The fraction of sp³-hybridized carbons (Fsp3) is 0.960. The van der Waals surface area contributed by atoms with Crippen LogP contribution in [0.5, 0.6) is 0 Å². The lowest BCUT2D eigenvalue weighted by Gasteiger charge is -2.25. The third kappa shape index (κ3) is 23.3. The molecule has 0 aliphatic rings. The summed E-state index contributed by atoms with van der Waals surface area (Å²) in [5.41, 5.74) is -1.58. The van der Waals surface area contributed by atoms with Crippen LogP contribution in [0.3, 0.4) is 0 Å². The Morgan fingerprint density at radius 3 is 1.76 bits per heavy atom. The summed E-state index contributed by atoms with van der Waals surface area (Å²) in [7, 11) is 1.53. The molecule has 0 aliphatic carbocycles. The first-order valence-electron chi connectivity index (χ1n) is 13.2. The Morgan fingerprint density at radius 1 is 0.824 bits per heavy atom. The Morgan fingerprint density at radius 2 is 1.29 bits per heavy atom. The van der Waals surface area contributed by atoms with Gasteiger partial charge in [0.2, 0.25) is 0 Å². The Labute approximate surface area is 208 Å². The highest BCUT2D eigenvalue weighted by atomic mass is 31.2.